The molecule has 0 amide bonds. The van der Waals surface area contributed by atoms with E-state index in [1.807, 2.05) is 42.1 Å². The lowest BCUT2D eigenvalue weighted by atomic mass is 10.1. The van der Waals surface area contributed by atoms with E-state index < -0.39 is 0 Å². The van der Waals surface area contributed by atoms with Crippen LogP contribution in [0.25, 0.3) is 33.3 Å². The molecule has 1 fully saturated rings. The van der Waals surface area contributed by atoms with Gasteiger partial charge in [-0.25, -0.2) is 4.98 Å². The number of nitrogens with two attached hydrogens (primary N) is 1. The number of nitrogens with one attached hydrogen (secondary N) is 2. The summed E-state index contributed by atoms with van der Waals surface area (Å²) >= 11 is 1.99. The summed E-state index contributed by atoms with van der Waals surface area (Å²) in [6.45, 7) is 2.10. The molecule has 2 aromatic heterocycles. The van der Waals surface area contributed by atoms with Gasteiger partial charge in [-0.05, 0) is 24.3 Å². The fourth-order valence-corrected chi connectivity index (χ4v) is 4.54. The lowest BCUT2D eigenvalue weighted by Crippen LogP contribution is -2.32. The molecule has 1 aliphatic rings. The quantitative estimate of drug-likeness (QED) is 0.499. The summed E-state index contributed by atoms with van der Waals surface area (Å²) in [7, 11) is 0. The van der Waals surface area contributed by atoms with E-state index in [0.717, 1.165) is 46.5 Å². The number of nitrogen functional groups attached to an aromatic ring is 1. The number of para-hydroxylation sites is 1. The van der Waals surface area contributed by atoms with E-state index in [4.69, 9.17) is 5.73 Å². The first-order valence-corrected chi connectivity index (χ1v) is 10.1. The van der Waals surface area contributed by atoms with Gasteiger partial charge in [0.2, 0.25) is 0 Å². The highest BCUT2D eigenvalue weighted by Crippen LogP contribution is 2.29. The molecule has 0 saturated carbocycles. The second kappa shape index (κ2) is 6.35. The number of nitrogens with zero attached hydrogens (tertiary/aromatic N) is 2. The van der Waals surface area contributed by atoms with Crippen molar-refractivity contribution in [2.45, 2.75) is 0 Å². The van der Waals surface area contributed by atoms with E-state index in [0.29, 0.717) is 17.1 Å². The fourth-order valence-electron chi connectivity index (χ4n) is 3.64. The van der Waals surface area contributed by atoms with Crippen molar-refractivity contribution in [3.8, 4) is 11.4 Å². The molecule has 136 valence electrons. The summed E-state index contributed by atoms with van der Waals surface area (Å²) in [6.07, 6.45) is 0. The van der Waals surface area contributed by atoms with Gasteiger partial charge in [-0.3, -0.25) is 4.79 Å². The van der Waals surface area contributed by atoms with Crippen molar-refractivity contribution in [2.75, 3.05) is 35.2 Å². The Morgan fingerprint density at radius 1 is 1.04 bits per heavy atom. The number of H-pyrrole nitrogens is 2. The average molecular weight is 377 g/mol. The van der Waals surface area contributed by atoms with Crippen molar-refractivity contribution >= 4 is 45.1 Å². The molecule has 0 radical (unpaired) electrons. The number of thioether (sulfide) groups is 1. The van der Waals surface area contributed by atoms with E-state index in [2.05, 4.69) is 32.0 Å². The van der Waals surface area contributed by atoms with Crippen LogP contribution in [0.1, 0.15) is 0 Å². The Balaban J connectivity index is 1.63. The van der Waals surface area contributed by atoms with Gasteiger partial charge < -0.3 is 20.6 Å². The van der Waals surface area contributed by atoms with Crippen molar-refractivity contribution in [1.82, 2.24) is 15.0 Å². The van der Waals surface area contributed by atoms with E-state index in [-0.39, 0.29) is 5.56 Å². The van der Waals surface area contributed by atoms with Crippen LogP contribution in [0.4, 0.5) is 11.4 Å². The van der Waals surface area contributed by atoms with Crippen LogP contribution in [-0.4, -0.2) is 39.5 Å². The van der Waals surface area contributed by atoms with Gasteiger partial charge in [0.15, 0.2) is 0 Å². The Labute approximate surface area is 159 Å². The van der Waals surface area contributed by atoms with Crippen LogP contribution in [0, 0.1) is 0 Å². The maximum Gasteiger partial charge on any atom is 0.261 e. The second-order valence-electron chi connectivity index (χ2n) is 6.67. The first kappa shape index (κ1) is 16.3. The standard InChI is InChI=1S/C20H19N5OS/c21-18-13-3-1-2-4-14(13)24-20(26)17(18)19-22-15-6-5-12(11-16(15)23-19)25-7-9-27-10-8-25/h1-6,11H,7-10H2,(H,22,23)(H3,21,24,26). The third-order valence-corrected chi connectivity index (χ3v) is 5.98. The van der Waals surface area contributed by atoms with Crippen LogP contribution in [-0.2, 0) is 0 Å². The Hall–Kier alpha value is -2.93. The van der Waals surface area contributed by atoms with E-state index >= 15 is 0 Å². The molecule has 0 atom stereocenters. The summed E-state index contributed by atoms with van der Waals surface area (Å²) in [4.78, 5) is 25.8. The van der Waals surface area contributed by atoms with Gasteiger partial charge in [0.05, 0.1) is 22.2 Å². The molecular weight excluding hydrogens is 358 g/mol. The van der Waals surface area contributed by atoms with Gasteiger partial charge in [-0.2, -0.15) is 11.8 Å². The van der Waals surface area contributed by atoms with Gasteiger partial charge in [0.25, 0.3) is 5.56 Å². The molecule has 0 bridgehead atoms. The maximum atomic E-state index is 12.6. The van der Waals surface area contributed by atoms with Crippen LogP contribution in [0.3, 0.4) is 0 Å². The molecule has 0 spiro atoms. The Kier molecular flexibility index (Phi) is 3.82. The number of rotatable bonds is 2. The predicted molar refractivity (Wildman–Crippen MR) is 114 cm³/mol. The SMILES string of the molecule is Nc1c(-c2nc3ccc(N4CCSCC4)cc3[nH]2)c(=O)[nH]c2ccccc12. The molecule has 4 aromatic rings. The summed E-state index contributed by atoms with van der Waals surface area (Å²) < 4.78 is 0. The highest BCUT2D eigenvalue weighted by Gasteiger charge is 2.17. The minimum Gasteiger partial charge on any atom is -0.397 e. The first-order chi connectivity index (χ1) is 13.2. The number of benzene rings is 2. The number of pyridine rings is 1. The molecule has 2 aromatic carbocycles. The number of fused-ring (bicyclic) bond motifs is 2. The lowest BCUT2D eigenvalue weighted by molar-refractivity contribution is 0.859. The van der Waals surface area contributed by atoms with E-state index in [1.165, 1.54) is 5.69 Å². The molecule has 27 heavy (non-hydrogen) atoms. The van der Waals surface area contributed by atoms with Crippen molar-refractivity contribution < 1.29 is 0 Å². The Bertz CT molecular complexity index is 1210. The lowest BCUT2D eigenvalue weighted by Gasteiger charge is -2.28. The van der Waals surface area contributed by atoms with Crippen LogP contribution in [0.5, 0.6) is 0 Å². The zero-order valence-corrected chi connectivity index (χ0v) is 15.5. The van der Waals surface area contributed by atoms with E-state index in [9.17, 15) is 4.79 Å². The van der Waals surface area contributed by atoms with Gasteiger partial charge >= 0.3 is 0 Å². The molecule has 0 unspecified atom stereocenters. The van der Waals surface area contributed by atoms with E-state index in [1.54, 1.807) is 0 Å². The van der Waals surface area contributed by atoms with Crippen LogP contribution < -0.4 is 16.2 Å². The molecule has 6 nitrogen and oxygen atoms in total. The van der Waals surface area contributed by atoms with Gasteiger partial charge in [-0.15, -0.1) is 0 Å². The minimum atomic E-state index is -0.237. The van der Waals surface area contributed by atoms with Crippen LogP contribution >= 0.6 is 11.8 Å². The third kappa shape index (κ3) is 2.75. The summed E-state index contributed by atoms with van der Waals surface area (Å²) in [5, 5.41) is 0.819. The molecule has 1 aliphatic heterocycles. The molecule has 7 heteroatoms. The minimum absolute atomic E-state index is 0.237. The number of hydrogen-bond acceptors (Lipinski definition) is 5. The molecule has 3 heterocycles. The number of aromatic amines is 2. The number of aromatic nitrogens is 3. The molecule has 0 aliphatic carbocycles. The first-order valence-electron chi connectivity index (χ1n) is 8.94. The molecule has 4 N–H and O–H groups in total. The zero-order valence-electron chi connectivity index (χ0n) is 14.7. The van der Waals surface area contributed by atoms with Crippen molar-refractivity contribution in [3.63, 3.8) is 0 Å². The predicted octanol–water partition coefficient (Wildman–Crippen LogP) is 3.21. The second-order valence-corrected chi connectivity index (χ2v) is 7.90. The molecular formula is C20H19N5OS. The average Bonchev–Trinajstić information content (AvgIpc) is 3.11. The van der Waals surface area contributed by atoms with Gasteiger partial charge in [0.1, 0.15) is 11.4 Å². The van der Waals surface area contributed by atoms with Gasteiger partial charge in [0, 0.05) is 35.7 Å². The number of anilines is 2. The monoisotopic (exact) mass is 377 g/mol. The van der Waals surface area contributed by atoms with Crippen LogP contribution in [0.15, 0.2) is 47.3 Å². The van der Waals surface area contributed by atoms with Crippen molar-refractivity contribution in [2.24, 2.45) is 0 Å². The van der Waals surface area contributed by atoms with Gasteiger partial charge in [-0.1, -0.05) is 18.2 Å². The zero-order chi connectivity index (χ0) is 18.4. The Morgan fingerprint density at radius 3 is 2.70 bits per heavy atom. The highest BCUT2D eigenvalue weighted by atomic mass is 32.2. The topological polar surface area (TPSA) is 90.8 Å². The van der Waals surface area contributed by atoms with Crippen molar-refractivity contribution in [1.29, 1.82) is 0 Å². The summed E-state index contributed by atoms with van der Waals surface area (Å²) in [6, 6.07) is 13.7. The largest absolute Gasteiger partial charge is 0.397 e. The maximum absolute atomic E-state index is 12.6. The smallest absolute Gasteiger partial charge is 0.261 e. The molecule has 5 rings (SSSR count). The molecule has 1 saturated heterocycles. The van der Waals surface area contributed by atoms with Crippen LogP contribution in [0.2, 0.25) is 0 Å². The number of imidazole rings is 1. The Morgan fingerprint density at radius 2 is 1.85 bits per heavy atom. The van der Waals surface area contributed by atoms with Crippen molar-refractivity contribution in [3.05, 3.63) is 52.8 Å². The summed E-state index contributed by atoms with van der Waals surface area (Å²) in [5.41, 5.74) is 10.6. The highest BCUT2D eigenvalue weighted by molar-refractivity contribution is 7.99. The number of hydrogen-bond donors (Lipinski definition) is 3. The normalized spacial score (nSPS) is 14.9. The third-order valence-electron chi connectivity index (χ3n) is 5.04. The fraction of sp³-hybridized carbons (Fsp3) is 0.200. The summed E-state index contributed by atoms with van der Waals surface area (Å²) in [5.74, 6) is 2.80.